The van der Waals surface area contributed by atoms with Crippen molar-refractivity contribution in [2.24, 2.45) is 0 Å². The van der Waals surface area contributed by atoms with E-state index in [1.807, 2.05) is 6.92 Å². The number of rotatable bonds is 5. The van der Waals surface area contributed by atoms with E-state index in [-0.39, 0.29) is 21.8 Å². The molecule has 2 rings (SSSR count). The second-order valence-electron chi connectivity index (χ2n) is 5.78. The summed E-state index contributed by atoms with van der Waals surface area (Å²) in [6, 6.07) is 8.00. The van der Waals surface area contributed by atoms with Gasteiger partial charge < -0.3 is 0 Å². The van der Waals surface area contributed by atoms with Gasteiger partial charge in [0.1, 0.15) is 0 Å². The van der Waals surface area contributed by atoms with Gasteiger partial charge in [0.05, 0.1) is 11.5 Å². The standard InChI is InChI=1S/C15H16Cl2N2O3S/c1-10-4-6-11(7-5-10)23(20,21)22-9-15(2,3)12-8-13(16)18-19-14(12)17/h4-8H,9H2,1-3H3. The minimum Gasteiger partial charge on any atom is -0.265 e. The molecule has 0 bridgehead atoms. The highest BCUT2D eigenvalue weighted by Crippen LogP contribution is 2.31. The summed E-state index contributed by atoms with van der Waals surface area (Å²) in [4.78, 5) is 0.107. The summed E-state index contributed by atoms with van der Waals surface area (Å²) in [6.07, 6.45) is 0. The third-order valence-corrected chi connectivity index (χ3v) is 5.07. The van der Waals surface area contributed by atoms with E-state index in [0.29, 0.717) is 5.56 Å². The zero-order valence-corrected chi connectivity index (χ0v) is 15.2. The van der Waals surface area contributed by atoms with E-state index in [9.17, 15) is 8.42 Å². The summed E-state index contributed by atoms with van der Waals surface area (Å²) < 4.78 is 29.7. The van der Waals surface area contributed by atoms with Gasteiger partial charge in [0.15, 0.2) is 10.3 Å². The van der Waals surface area contributed by atoms with Gasteiger partial charge in [-0.25, -0.2) is 0 Å². The fourth-order valence-corrected chi connectivity index (χ4v) is 3.45. The van der Waals surface area contributed by atoms with E-state index in [4.69, 9.17) is 27.4 Å². The number of aromatic nitrogens is 2. The van der Waals surface area contributed by atoms with Crippen molar-refractivity contribution in [3.63, 3.8) is 0 Å². The third kappa shape index (κ3) is 4.41. The van der Waals surface area contributed by atoms with Crippen molar-refractivity contribution in [1.82, 2.24) is 10.2 Å². The molecule has 0 radical (unpaired) electrons. The van der Waals surface area contributed by atoms with Crippen LogP contribution in [-0.4, -0.2) is 25.2 Å². The first-order valence-corrected chi connectivity index (χ1v) is 8.93. The van der Waals surface area contributed by atoms with Crippen LogP contribution in [-0.2, 0) is 19.7 Å². The van der Waals surface area contributed by atoms with Crippen LogP contribution in [0.5, 0.6) is 0 Å². The van der Waals surface area contributed by atoms with Crippen LogP contribution in [0.3, 0.4) is 0 Å². The summed E-state index contributed by atoms with van der Waals surface area (Å²) in [7, 11) is -3.85. The van der Waals surface area contributed by atoms with Crippen LogP contribution in [0.4, 0.5) is 0 Å². The topological polar surface area (TPSA) is 69.2 Å². The lowest BCUT2D eigenvalue weighted by atomic mass is 9.87. The first-order valence-electron chi connectivity index (χ1n) is 6.77. The molecule has 1 heterocycles. The summed E-state index contributed by atoms with van der Waals surface area (Å²) in [5.41, 5.74) is 0.820. The Kier molecular flexibility index (Phi) is 5.30. The van der Waals surface area contributed by atoms with Crippen molar-refractivity contribution in [3.8, 4) is 0 Å². The van der Waals surface area contributed by atoms with Crippen molar-refractivity contribution in [2.45, 2.75) is 31.1 Å². The van der Waals surface area contributed by atoms with Gasteiger partial charge in [-0.3, -0.25) is 4.18 Å². The number of aryl methyl sites for hydroxylation is 1. The summed E-state index contributed by atoms with van der Waals surface area (Å²) in [5, 5.41) is 7.72. The number of benzene rings is 1. The lowest BCUT2D eigenvalue weighted by Gasteiger charge is -2.25. The average molecular weight is 375 g/mol. The molecule has 1 aromatic heterocycles. The Morgan fingerprint density at radius 2 is 1.74 bits per heavy atom. The molecule has 23 heavy (non-hydrogen) atoms. The Morgan fingerprint density at radius 1 is 1.13 bits per heavy atom. The van der Waals surface area contributed by atoms with Crippen LogP contribution in [0, 0.1) is 6.92 Å². The van der Waals surface area contributed by atoms with Gasteiger partial charge >= 0.3 is 0 Å². The fraction of sp³-hybridized carbons (Fsp3) is 0.333. The molecule has 0 spiro atoms. The zero-order chi connectivity index (χ0) is 17.3. The van der Waals surface area contributed by atoms with Crippen LogP contribution in [0.1, 0.15) is 25.0 Å². The van der Waals surface area contributed by atoms with Crippen LogP contribution in [0.2, 0.25) is 10.3 Å². The molecule has 2 aromatic rings. The number of nitrogens with zero attached hydrogens (tertiary/aromatic N) is 2. The molecule has 0 saturated carbocycles. The smallest absolute Gasteiger partial charge is 0.265 e. The molecule has 5 nitrogen and oxygen atoms in total. The highest BCUT2D eigenvalue weighted by molar-refractivity contribution is 7.86. The Balaban J connectivity index is 2.21. The molecule has 0 unspecified atom stereocenters. The van der Waals surface area contributed by atoms with Crippen molar-refractivity contribution in [2.75, 3.05) is 6.61 Å². The minimum absolute atomic E-state index is 0.106. The van der Waals surface area contributed by atoms with Crippen molar-refractivity contribution in [3.05, 3.63) is 51.8 Å². The van der Waals surface area contributed by atoms with E-state index in [1.54, 1.807) is 32.0 Å². The SMILES string of the molecule is Cc1ccc(S(=O)(=O)OCC(C)(C)c2cc(Cl)nnc2Cl)cc1. The summed E-state index contributed by atoms with van der Waals surface area (Å²) in [6.45, 7) is 5.35. The summed E-state index contributed by atoms with van der Waals surface area (Å²) in [5.74, 6) is 0. The van der Waals surface area contributed by atoms with Gasteiger partial charge in [0.25, 0.3) is 10.1 Å². The Bertz CT molecular complexity index is 806. The summed E-state index contributed by atoms with van der Waals surface area (Å²) >= 11 is 11.9. The first-order chi connectivity index (χ1) is 10.6. The second kappa shape index (κ2) is 6.73. The molecule has 0 fully saturated rings. The normalized spacial score (nSPS) is 12.4. The second-order valence-corrected chi connectivity index (χ2v) is 8.15. The van der Waals surface area contributed by atoms with Crippen LogP contribution in [0.25, 0.3) is 0 Å². The molecular weight excluding hydrogens is 359 g/mol. The van der Waals surface area contributed by atoms with E-state index < -0.39 is 15.5 Å². The van der Waals surface area contributed by atoms with E-state index in [0.717, 1.165) is 5.56 Å². The molecule has 0 aliphatic rings. The van der Waals surface area contributed by atoms with Crippen molar-refractivity contribution < 1.29 is 12.6 Å². The lowest BCUT2D eigenvalue weighted by Crippen LogP contribution is -2.27. The van der Waals surface area contributed by atoms with E-state index in [2.05, 4.69) is 10.2 Å². The maximum atomic E-state index is 12.3. The predicted octanol–water partition coefficient (Wildman–Crippen LogP) is 3.77. The lowest BCUT2D eigenvalue weighted by molar-refractivity contribution is 0.245. The molecule has 0 atom stereocenters. The van der Waals surface area contributed by atoms with Crippen LogP contribution in [0.15, 0.2) is 35.2 Å². The maximum Gasteiger partial charge on any atom is 0.297 e. The molecule has 0 amide bonds. The first kappa shape index (κ1) is 18.1. The Morgan fingerprint density at radius 3 is 2.35 bits per heavy atom. The highest BCUT2D eigenvalue weighted by Gasteiger charge is 2.28. The molecule has 0 saturated heterocycles. The quantitative estimate of drug-likeness (QED) is 0.744. The highest BCUT2D eigenvalue weighted by atomic mass is 35.5. The Labute approximate surface area is 145 Å². The van der Waals surface area contributed by atoms with Crippen LogP contribution < -0.4 is 0 Å². The van der Waals surface area contributed by atoms with Gasteiger partial charge in [-0.15, -0.1) is 10.2 Å². The number of hydrogen-bond donors (Lipinski definition) is 0. The molecule has 8 heteroatoms. The monoisotopic (exact) mass is 374 g/mol. The average Bonchev–Trinajstić information content (AvgIpc) is 2.48. The van der Waals surface area contributed by atoms with Gasteiger partial charge in [0, 0.05) is 11.0 Å². The largest absolute Gasteiger partial charge is 0.297 e. The molecular formula is C15H16Cl2N2O3S. The van der Waals surface area contributed by atoms with Crippen LogP contribution >= 0.6 is 23.2 Å². The van der Waals surface area contributed by atoms with Gasteiger partial charge in [-0.1, -0.05) is 54.7 Å². The predicted molar refractivity (Wildman–Crippen MR) is 89.4 cm³/mol. The van der Waals surface area contributed by atoms with E-state index in [1.165, 1.54) is 12.1 Å². The van der Waals surface area contributed by atoms with E-state index >= 15 is 0 Å². The number of hydrogen-bond acceptors (Lipinski definition) is 5. The molecule has 1 aromatic carbocycles. The van der Waals surface area contributed by atoms with Crippen molar-refractivity contribution >= 4 is 33.3 Å². The van der Waals surface area contributed by atoms with Gasteiger partial charge in [-0.2, -0.15) is 8.42 Å². The molecule has 0 aliphatic carbocycles. The number of halogens is 2. The van der Waals surface area contributed by atoms with Gasteiger partial charge in [-0.05, 0) is 25.1 Å². The van der Waals surface area contributed by atoms with Gasteiger partial charge in [0.2, 0.25) is 0 Å². The third-order valence-electron chi connectivity index (χ3n) is 3.33. The molecule has 0 aliphatic heterocycles. The fourth-order valence-electron chi connectivity index (χ4n) is 1.90. The Hall–Kier alpha value is -1.21. The van der Waals surface area contributed by atoms with Crippen molar-refractivity contribution in [1.29, 1.82) is 0 Å². The molecule has 124 valence electrons. The molecule has 0 N–H and O–H groups in total. The minimum atomic E-state index is -3.85. The zero-order valence-electron chi connectivity index (χ0n) is 12.9. The maximum absolute atomic E-state index is 12.3.